The summed E-state index contributed by atoms with van der Waals surface area (Å²) in [6, 6.07) is 3.87. The Labute approximate surface area is 97.1 Å². The van der Waals surface area contributed by atoms with Crippen LogP contribution in [0.15, 0.2) is 22.8 Å². The average Bonchev–Trinajstić information content (AvgIpc) is 2.70. The highest BCUT2D eigenvalue weighted by atomic mass is 16.3. The Balaban J connectivity index is 1.84. The lowest BCUT2D eigenvalue weighted by Crippen LogP contribution is -2.42. The third-order valence-corrected chi connectivity index (χ3v) is 3.35. The molecule has 0 unspecified atom stereocenters. The molecule has 1 aromatic rings. The highest BCUT2D eigenvalue weighted by Crippen LogP contribution is 2.28. The fourth-order valence-corrected chi connectivity index (χ4v) is 2.59. The van der Waals surface area contributed by atoms with Gasteiger partial charge >= 0.3 is 0 Å². The smallest absolute Gasteiger partial charge is 0.117 e. The van der Waals surface area contributed by atoms with Crippen LogP contribution in [-0.4, -0.2) is 29.2 Å². The molecular formula is C13H21NO2. The van der Waals surface area contributed by atoms with Gasteiger partial charge < -0.3 is 9.52 Å². The van der Waals surface area contributed by atoms with Crippen LogP contribution in [0.2, 0.25) is 0 Å². The van der Waals surface area contributed by atoms with Gasteiger partial charge in [0.2, 0.25) is 0 Å². The van der Waals surface area contributed by atoms with E-state index in [0.29, 0.717) is 0 Å². The van der Waals surface area contributed by atoms with Gasteiger partial charge in [-0.05, 0) is 32.0 Å². The predicted molar refractivity (Wildman–Crippen MR) is 63.1 cm³/mol. The van der Waals surface area contributed by atoms with Gasteiger partial charge in [-0.3, -0.25) is 4.90 Å². The van der Waals surface area contributed by atoms with E-state index in [1.54, 1.807) is 6.26 Å². The Bertz CT molecular complexity index is 302. The average molecular weight is 223 g/mol. The van der Waals surface area contributed by atoms with Crippen molar-refractivity contribution in [1.82, 2.24) is 4.90 Å². The minimum absolute atomic E-state index is 0.473. The van der Waals surface area contributed by atoms with Gasteiger partial charge in [-0.1, -0.05) is 19.3 Å². The molecule has 1 saturated carbocycles. The molecule has 3 nitrogen and oxygen atoms in total. The summed E-state index contributed by atoms with van der Waals surface area (Å²) in [6.07, 6.45) is 7.16. The van der Waals surface area contributed by atoms with E-state index in [4.69, 9.17) is 4.42 Å². The van der Waals surface area contributed by atoms with Crippen LogP contribution >= 0.6 is 0 Å². The Morgan fingerprint density at radius 1 is 1.38 bits per heavy atom. The van der Waals surface area contributed by atoms with E-state index in [9.17, 15) is 5.11 Å². The summed E-state index contributed by atoms with van der Waals surface area (Å²) in [5.41, 5.74) is -0.473. The quantitative estimate of drug-likeness (QED) is 0.851. The van der Waals surface area contributed by atoms with Crippen molar-refractivity contribution in [3.8, 4) is 0 Å². The van der Waals surface area contributed by atoms with E-state index in [1.807, 2.05) is 19.2 Å². The first-order chi connectivity index (χ1) is 7.68. The first-order valence-electron chi connectivity index (χ1n) is 6.11. The molecule has 1 N–H and O–H groups in total. The van der Waals surface area contributed by atoms with Gasteiger partial charge in [0, 0.05) is 6.54 Å². The second kappa shape index (κ2) is 5.02. The molecule has 1 fully saturated rings. The van der Waals surface area contributed by atoms with Crippen molar-refractivity contribution >= 4 is 0 Å². The van der Waals surface area contributed by atoms with Crippen LogP contribution in [0.1, 0.15) is 37.9 Å². The molecule has 0 atom stereocenters. The largest absolute Gasteiger partial charge is 0.468 e. The topological polar surface area (TPSA) is 36.6 Å². The number of nitrogens with zero attached hydrogens (tertiary/aromatic N) is 1. The van der Waals surface area contributed by atoms with Crippen molar-refractivity contribution in [3.05, 3.63) is 24.2 Å². The lowest BCUT2D eigenvalue weighted by molar-refractivity contribution is -0.0233. The van der Waals surface area contributed by atoms with Gasteiger partial charge in [0.25, 0.3) is 0 Å². The van der Waals surface area contributed by atoms with Crippen LogP contribution in [0.3, 0.4) is 0 Å². The summed E-state index contributed by atoms with van der Waals surface area (Å²) in [4.78, 5) is 2.14. The number of furan rings is 1. The zero-order chi connectivity index (χ0) is 11.4. The third-order valence-electron chi connectivity index (χ3n) is 3.35. The van der Waals surface area contributed by atoms with E-state index in [0.717, 1.165) is 44.5 Å². The van der Waals surface area contributed by atoms with Crippen LogP contribution in [0.4, 0.5) is 0 Å². The normalized spacial score (nSPS) is 20.2. The second-order valence-corrected chi connectivity index (χ2v) is 5.04. The standard InChI is InChI=1S/C13H21NO2/c1-14(10-12-6-5-9-16-12)11-13(15)7-3-2-4-8-13/h5-6,9,15H,2-4,7-8,10-11H2,1H3. The number of rotatable bonds is 4. The molecule has 1 heterocycles. The van der Waals surface area contributed by atoms with E-state index < -0.39 is 5.60 Å². The van der Waals surface area contributed by atoms with Gasteiger partial charge in [-0.15, -0.1) is 0 Å². The first-order valence-corrected chi connectivity index (χ1v) is 6.11. The molecule has 0 radical (unpaired) electrons. The van der Waals surface area contributed by atoms with Crippen molar-refractivity contribution in [2.45, 2.75) is 44.2 Å². The fourth-order valence-electron chi connectivity index (χ4n) is 2.59. The van der Waals surface area contributed by atoms with Crippen LogP contribution in [0.25, 0.3) is 0 Å². The van der Waals surface area contributed by atoms with Crippen LogP contribution in [0.5, 0.6) is 0 Å². The van der Waals surface area contributed by atoms with Crippen LogP contribution < -0.4 is 0 Å². The maximum Gasteiger partial charge on any atom is 0.117 e. The summed E-state index contributed by atoms with van der Waals surface area (Å²) in [5, 5.41) is 10.4. The molecule has 90 valence electrons. The summed E-state index contributed by atoms with van der Waals surface area (Å²) >= 11 is 0. The number of hydrogen-bond donors (Lipinski definition) is 1. The molecule has 0 bridgehead atoms. The Kier molecular flexibility index (Phi) is 3.66. The molecule has 0 spiro atoms. The molecule has 2 rings (SSSR count). The lowest BCUT2D eigenvalue weighted by atomic mass is 9.84. The Morgan fingerprint density at radius 3 is 2.75 bits per heavy atom. The predicted octanol–water partition coefficient (Wildman–Crippen LogP) is 2.41. The van der Waals surface area contributed by atoms with Crippen molar-refractivity contribution in [2.75, 3.05) is 13.6 Å². The van der Waals surface area contributed by atoms with Gasteiger partial charge in [0.1, 0.15) is 5.76 Å². The molecule has 0 amide bonds. The van der Waals surface area contributed by atoms with Crippen LogP contribution in [0, 0.1) is 0 Å². The lowest BCUT2D eigenvalue weighted by Gasteiger charge is -2.35. The highest BCUT2D eigenvalue weighted by Gasteiger charge is 2.30. The summed E-state index contributed by atoms with van der Waals surface area (Å²) in [7, 11) is 2.04. The second-order valence-electron chi connectivity index (χ2n) is 5.04. The first kappa shape index (κ1) is 11.7. The molecule has 1 aromatic heterocycles. The summed E-state index contributed by atoms with van der Waals surface area (Å²) in [5.74, 6) is 0.960. The van der Waals surface area contributed by atoms with Gasteiger partial charge in [0.15, 0.2) is 0 Å². The SMILES string of the molecule is CN(Cc1ccco1)CC1(O)CCCCC1. The Hall–Kier alpha value is -0.800. The monoisotopic (exact) mass is 223 g/mol. The molecule has 16 heavy (non-hydrogen) atoms. The maximum absolute atomic E-state index is 10.4. The van der Waals surface area contributed by atoms with Crippen molar-refractivity contribution in [2.24, 2.45) is 0 Å². The molecule has 0 saturated heterocycles. The third kappa shape index (κ3) is 3.09. The van der Waals surface area contributed by atoms with E-state index in [2.05, 4.69) is 4.90 Å². The van der Waals surface area contributed by atoms with Gasteiger partial charge in [-0.25, -0.2) is 0 Å². The number of likely N-dealkylation sites (N-methyl/N-ethyl adjacent to an activating group) is 1. The zero-order valence-corrected chi connectivity index (χ0v) is 9.98. The highest BCUT2D eigenvalue weighted by molar-refractivity contribution is 4.98. The summed E-state index contributed by atoms with van der Waals surface area (Å²) < 4.78 is 5.30. The van der Waals surface area contributed by atoms with Gasteiger partial charge in [0.05, 0.1) is 18.4 Å². The van der Waals surface area contributed by atoms with E-state index in [-0.39, 0.29) is 0 Å². The van der Waals surface area contributed by atoms with Crippen molar-refractivity contribution in [3.63, 3.8) is 0 Å². The summed E-state index contributed by atoms with van der Waals surface area (Å²) in [6.45, 7) is 1.52. The number of aliphatic hydroxyl groups is 1. The van der Waals surface area contributed by atoms with Crippen molar-refractivity contribution < 1.29 is 9.52 Å². The Morgan fingerprint density at radius 2 is 2.12 bits per heavy atom. The minimum atomic E-state index is -0.473. The number of hydrogen-bond acceptors (Lipinski definition) is 3. The minimum Gasteiger partial charge on any atom is -0.468 e. The molecule has 0 aliphatic heterocycles. The molecule has 3 heteroatoms. The molecular weight excluding hydrogens is 202 g/mol. The zero-order valence-electron chi connectivity index (χ0n) is 9.98. The maximum atomic E-state index is 10.4. The van der Waals surface area contributed by atoms with E-state index >= 15 is 0 Å². The molecule has 1 aliphatic rings. The fraction of sp³-hybridized carbons (Fsp3) is 0.692. The molecule has 0 aromatic carbocycles. The molecule has 1 aliphatic carbocycles. The van der Waals surface area contributed by atoms with Crippen molar-refractivity contribution in [1.29, 1.82) is 0 Å². The van der Waals surface area contributed by atoms with E-state index in [1.165, 1.54) is 6.42 Å². The van der Waals surface area contributed by atoms with Crippen LogP contribution in [-0.2, 0) is 6.54 Å². The van der Waals surface area contributed by atoms with Gasteiger partial charge in [-0.2, -0.15) is 0 Å².